The molecule has 0 aliphatic carbocycles. The molecule has 3 aromatic rings. The molecule has 1 aliphatic heterocycles. The summed E-state index contributed by atoms with van der Waals surface area (Å²) in [6.07, 6.45) is 0. The van der Waals surface area contributed by atoms with Gasteiger partial charge in [-0.3, -0.25) is 15.0 Å². The van der Waals surface area contributed by atoms with Gasteiger partial charge < -0.3 is 9.64 Å². The van der Waals surface area contributed by atoms with Crippen LogP contribution in [-0.2, 0) is 6.54 Å². The average Bonchev–Trinajstić information content (AvgIpc) is 3.12. The van der Waals surface area contributed by atoms with Gasteiger partial charge in [-0.05, 0) is 23.8 Å². The van der Waals surface area contributed by atoms with E-state index in [1.54, 1.807) is 19.2 Å². The third-order valence-electron chi connectivity index (χ3n) is 4.78. The molecule has 8 heteroatoms. The Morgan fingerprint density at radius 3 is 2.56 bits per heavy atom. The molecule has 27 heavy (non-hydrogen) atoms. The molecule has 2 heterocycles. The second kappa shape index (κ2) is 7.50. The molecule has 0 unspecified atom stereocenters. The number of rotatable bonds is 5. The van der Waals surface area contributed by atoms with Crippen LogP contribution in [0.2, 0.25) is 0 Å². The maximum Gasteiger partial charge on any atom is 0.270 e. The predicted molar refractivity (Wildman–Crippen MR) is 107 cm³/mol. The number of non-ortho nitro benzene ring substituents is 1. The lowest BCUT2D eigenvalue weighted by Crippen LogP contribution is -2.45. The number of hydrogen-bond acceptors (Lipinski definition) is 7. The van der Waals surface area contributed by atoms with Crippen LogP contribution in [0.4, 0.5) is 10.8 Å². The number of nitrogens with zero attached hydrogens (tertiary/aromatic N) is 4. The minimum atomic E-state index is -0.364. The zero-order chi connectivity index (χ0) is 18.8. The Bertz CT molecular complexity index is 949. The summed E-state index contributed by atoms with van der Waals surface area (Å²) in [5.74, 6) is 0.875. The van der Waals surface area contributed by atoms with E-state index in [0.29, 0.717) is 0 Å². The topological polar surface area (TPSA) is 71.7 Å². The summed E-state index contributed by atoms with van der Waals surface area (Å²) in [6, 6.07) is 13.0. The molecular weight excluding hydrogens is 364 g/mol. The molecule has 0 bridgehead atoms. The number of fused-ring (bicyclic) bond motifs is 1. The monoisotopic (exact) mass is 384 g/mol. The first-order valence-corrected chi connectivity index (χ1v) is 9.59. The molecule has 1 saturated heterocycles. The maximum absolute atomic E-state index is 10.9. The van der Waals surface area contributed by atoms with Crippen molar-refractivity contribution in [3.63, 3.8) is 0 Å². The predicted octanol–water partition coefficient (Wildman–Crippen LogP) is 3.54. The van der Waals surface area contributed by atoms with Crippen LogP contribution < -0.4 is 9.64 Å². The number of hydrogen-bond donors (Lipinski definition) is 0. The van der Waals surface area contributed by atoms with Gasteiger partial charge in [0.05, 0.1) is 22.2 Å². The lowest BCUT2D eigenvalue weighted by atomic mass is 10.2. The first kappa shape index (κ1) is 17.7. The highest BCUT2D eigenvalue weighted by Gasteiger charge is 2.20. The average molecular weight is 384 g/mol. The Balaban J connectivity index is 1.39. The molecule has 2 aromatic carbocycles. The molecule has 7 nitrogen and oxygen atoms in total. The number of thiazole rings is 1. The number of anilines is 1. The highest BCUT2D eigenvalue weighted by molar-refractivity contribution is 7.22. The Kier molecular flexibility index (Phi) is 4.91. The molecule has 0 atom stereocenters. The van der Waals surface area contributed by atoms with Gasteiger partial charge in [-0.1, -0.05) is 23.5 Å². The summed E-state index contributed by atoms with van der Waals surface area (Å²) in [4.78, 5) is 19.9. The van der Waals surface area contributed by atoms with Crippen molar-refractivity contribution in [1.82, 2.24) is 9.88 Å². The number of piperazine rings is 1. The van der Waals surface area contributed by atoms with Crippen molar-refractivity contribution in [1.29, 1.82) is 0 Å². The number of benzene rings is 2. The van der Waals surface area contributed by atoms with Crippen LogP contribution in [0.1, 0.15) is 5.56 Å². The van der Waals surface area contributed by atoms with Crippen molar-refractivity contribution in [2.45, 2.75) is 6.54 Å². The summed E-state index contributed by atoms with van der Waals surface area (Å²) in [5, 5.41) is 11.9. The molecule has 4 rings (SSSR count). The molecule has 0 radical (unpaired) electrons. The second-order valence-electron chi connectivity index (χ2n) is 6.52. The Hall–Kier alpha value is -2.71. The standard InChI is InChI=1S/C19H20N4O3S/c1-26-16-5-2-14(3-6-16)13-21-8-10-22(11-9-21)19-20-17-7-4-15(23(24)25)12-18(17)27-19/h2-7,12H,8-11,13H2,1H3. The number of nitro groups is 1. The fourth-order valence-electron chi connectivity index (χ4n) is 3.24. The summed E-state index contributed by atoms with van der Waals surface area (Å²) < 4.78 is 6.07. The maximum atomic E-state index is 10.9. The summed E-state index contributed by atoms with van der Waals surface area (Å²) in [5.41, 5.74) is 2.21. The van der Waals surface area contributed by atoms with Gasteiger partial charge in [0, 0.05) is 44.9 Å². The lowest BCUT2D eigenvalue weighted by Gasteiger charge is -2.34. The van der Waals surface area contributed by atoms with Gasteiger partial charge in [-0.2, -0.15) is 0 Å². The van der Waals surface area contributed by atoms with E-state index in [1.807, 2.05) is 12.1 Å². The largest absolute Gasteiger partial charge is 0.497 e. The van der Waals surface area contributed by atoms with Crippen LogP contribution in [0.5, 0.6) is 5.75 Å². The number of ether oxygens (including phenoxy) is 1. The minimum Gasteiger partial charge on any atom is -0.497 e. The first-order valence-electron chi connectivity index (χ1n) is 8.77. The Labute approximate surface area is 161 Å². The SMILES string of the molecule is COc1ccc(CN2CCN(c3nc4ccc([N+](=O)[O-])cc4s3)CC2)cc1. The van der Waals surface area contributed by atoms with Gasteiger partial charge in [-0.15, -0.1) is 0 Å². The molecule has 1 aliphatic rings. The highest BCUT2D eigenvalue weighted by Crippen LogP contribution is 2.32. The molecule has 1 aromatic heterocycles. The van der Waals surface area contributed by atoms with Crippen LogP contribution in [0.25, 0.3) is 10.2 Å². The molecular formula is C19H20N4O3S. The van der Waals surface area contributed by atoms with E-state index in [4.69, 9.17) is 4.74 Å². The minimum absolute atomic E-state index is 0.113. The number of nitro benzene ring substituents is 1. The van der Waals surface area contributed by atoms with Crippen molar-refractivity contribution in [2.75, 3.05) is 38.2 Å². The van der Waals surface area contributed by atoms with Crippen LogP contribution in [-0.4, -0.2) is 48.1 Å². The van der Waals surface area contributed by atoms with E-state index in [1.165, 1.54) is 23.0 Å². The molecule has 0 N–H and O–H groups in total. The third-order valence-corrected chi connectivity index (χ3v) is 5.86. The highest BCUT2D eigenvalue weighted by atomic mass is 32.1. The van der Waals surface area contributed by atoms with E-state index >= 15 is 0 Å². The number of aromatic nitrogens is 1. The van der Waals surface area contributed by atoms with Gasteiger partial charge in [0.2, 0.25) is 0 Å². The van der Waals surface area contributed by atoms with Gasteiger partial charge in [-0.25, -0.2) is 4.98 Å². The van der Waals surface area contributed by atoms with E-state index < -0.39 is 0 Å². The van der Waals surface area contributed by atoms with Gasteiger partial charge >= 0.3 is 0 Å². The van der Waals surface area contributed by atoms with Crippen molar-refractivity contribution in [3.05, 3.63) is 58.1 Å². The lowest BCUT2D eigenvalue weighted by molar-refractivity contribution is -0.384. The van der Waals surface area contributed by atoms with Gasteiger partial charge in [0.1, 0.15) is 5.75 Å². The fourth-order valence-corrected chi connectivity index (χ4v) is 4.29. The number of methoxy groups -OCH3 is 1. The fraction of sp³-hybridized carbons (Fsp3) is 0.316. The Morgan fingerprint density at radius 2 is 1.89 bits per heavy atom. The zero-order valence-electron chi connectivity index (χ0n) is 15.0. The van der Waals surface area contributed by atoms with E-state index in [2.05, 4.69) is 26.9 Å². The summed E-state index contributed by atoms with van der Waals surface area (Å²) in [7, 11) is 1.68. The van der Waals surface area contributed by atoms with Gasteiger partial charge in [0.15, 0.2) is 5.13 Å². The van der Waals surface area contributed by atoms with E-state index in [-0.39, 0.29) is 10.6 Å². The van der Waals surface area contributed by atoms with E-state index in [0.717, 1.165) is 53.8 Å². The smallest absolute Gasteiger partial charge is 0.270 e. The van der Waals surface area contributed by atoms with Crippen LogP contribution in [0.15, 0.2) is 42.5 Å². The molecule has 0 saturated carbocycles. The van der Waals surface area contributed by atoms with Crippen molar-refractivity contribution >= 4 is 32.4 Å². The molecule has 1 fully saturated rings. The second-order valence-corrected chi connectivity index (χ2v) is 7.53. The normalized spacial score (nSPS) is 15.2. The van der Waals surface area contributed by atoms with Crippen molar-refractivity contribution in [2.24, 2.45) is 0 Å². The molecule has 140 valence electrons. The van der Waals surface area contributed by atoms with Crippen LogP contribution in [0, 0.1) is 10.1 Å². The third kappa shape index (κ3) is 3.86. The summed E-state index contributed by atoms with van der Waals surface area (Å²) in [6.45, 7) is 4.64. The van der Waals surface area contributed by atoms with Crippen molar-refractivity contribution < 1.29 is 9.66 Å². The first-order chi connectivity index (χ1) is 13.1. The zero-order valence-corrected chi connectivity index (χ0v) is 15.8. The Morgan fingerprint density at radius 1 is 1.15 bits per heavy atom. The van der Waals surface area contributed by atoms with Crippen molar-refractivity contribution in [3.8, 4) is 5.75 Å². The summed E-state index contributed by atoms with van der Waals surface area (Å²) >= 11 is 1.52. The quantitative estimate of drug-likeness (QED) is 0.495. The van der Waals surface area contributed by atoms with Gasteiger partial charge in [0.25, 0.3) is 5.69 Å². The van der Waals surface area contributed by atoms with Crippen LogP contribution >= 0.6 is 11.3 Å². The van der Waals surface area contributed by atoms with Crippen LogP contribution in [0.3, 0.4) is 0 Å². The van der Waals surface area contributed by atoms with E-state index in [9.17, 15) is 10.1 Å². The molecule has 0 amide bonds. The molecule has 0 spiro atoms.